The second-order valence-corrected chi connectivity index (χ2v) is 5.48. The molecular formula is C17H25NO3. The molecule has 4 nitrogen and oxygen atoms in total. The molecule has 0 radical (unpaired) electrons. The van der Waals surface area contributed by atoms with Crippen molar-refractivity contribution in [3.8, 4) is 11.5 Å². The van der Waals surface area contributed by atoms with Gasteiger partial charge in [-0.3, -0.25) is 4.79 Å². The zero-order chi connectivity index (χ0) is 15.2. The van der Waals surface area contributed by atoms with Gasteiger partial charge in [-0.2, -0.15) is 0 Å². The van der Waals surface area contributed by atoms with Crippen molar-refractivity contribution in [2.75, 3.05) is 19.8 Å². The summed E-state index contributed by atoms with van der Waals surface area (Å²) in [6.45, 7) is 8.04. The van der Waals surface area contributed by atoms with Gasteiger partial charge in [-0.05, 0) is 49.4 Å². The molecule has 1 aliphatic rings. The predicted octanol–water partition coefficient (Wildman–Crippen LogP) is 2.86. The highest BCUT2D eigenvalue weighted by atomic mass is 16.6. The molecule has 0 saturated heterocycles. The van der Waals surface area contributed by atoms with Crippen molar-refractivity contribution in [3.05, 3.63) is 23.3 Å². The molecule has 1 N–H and O–H groups in total. The Hall–Kier alpha value is -1.71. The summed E-state index contributed by atoms with van der Waals surface area (Å²) >= 11 is 0. The van der Waals surface area contributed by atoms with E-state index < -0.39 is 0 Å². The van der Waals surface area contributed by atoms with E-state index in [-0.39, 0.29) is 11.8 Å². The van der Waals surface area contributed by atoms with Gasteiger partial charge in [-0.15, -0.1) is 0 Å². The third-order valence-electron chi connectivity index (χ3n) is 4.05. The number of hydrogen-bond donors (Lipinski definition) is 1. The fraction of sp³-hybridized carbons (Fsp3) is 0.588. The number of hydrogen-bond acceptors (Lipinski definition) is 3. The number of carbonyl (C=O) groups excluding carboxylic acids is 1. The number of amides is 1. The second-order valence-electron chi connectivity index (χ2n) is 5.48. The van der Waals surface area contributed by atoms with Crippen LogP contribution >= 0.6 is 0 Å². The largest absolute Gasteiger partial charge is 0.486 e. The summed E-state index contributed by atoms with van der Waals surface area (Å²) in [5, 5.41) is 3.03. The van der Waals surface area contributed by atoms with Gasteiger partial charge in [0.1, 0.15) is 13.2 Å². The molecule has 2 rings (SSSR count). The van der Waals surface area contributed by atoms with Crippen molar-refractivity contribution in [2.24, 2.45) is 5.92 Å². The van der Waals surface area contributed by atoms with Gasteiger partial charge in [0.2, 0.25) is 5.91 Å². The van der Waals surface area contributed by atoms with Crippen LogP contribution in [0.1, 0.15) is 37.8 Å². The number of ether oxygens (including phenoxy) is 2. The summed E-state index contributed by atoms with van der Waals surface area (Å²) in [4.78, 5) is 12.0. The summed E-state index contributed by atoms with van der Waals surface area (Å²) in [6.07, 6.45) is 2.60. The molecule has 0 aliphatic carbocycles. The monoisotopic (exact) mass is 291 g/mol. The van der Waals surface area contributed by atoms with Crippen LogP contribution in [0.15, 0.2) is 12.1 Å². The standard InChI is InChI=1S/C17H25NO3/c1-4-13(5-2)17(19)18-7-6-14-11-16-15(10-12(14)3)20-8-9-21-16/h10-11,13H,4-9H2,1-3H3,(H,18,19). The third-order valence-corrected chi connectivity index (χ3v) is 4.05. The summed E-state index contributed by atoms with van der Waals surface area (Å²) in [5.41, 5.74) is 2.38. The van der Waals surface area contributed by atoms with Crippen LogP contribution in [-0.2, 0) is 11.2 Å². The van der Waals surface area contributed by atoms with Crippen LogP contribution in [-0.4, -0.2) is 25.7 Å². The Balaban J connectivity index is 1.93. The highest BCUT2D eigenvalue weighted by Gasteiger charge is 2.15. The van der Waals surface area contributed by atoms with Crippen LogP contribution < -0.4 is 14.8 Å². The molecule has 1 heterocycles. The minimum Gasteiger partial charge on any atom is -0.486 e. The SMILES string of the molecule is CCC(CC)C(=O)NCCc1cc2c(cc1C)OCCO2. The Morgan fingerprint density at radius 3 is 2.43 bits per heavy atom. The van der Waals surface area contributed by atoms with E-state index in [0.29, 0.717) is 19.8 Å². The molecule has 0 aromatic heterocycles. The van der Waals surface area contributed by atoms with Crippen LogP contribution in [0.25, 0.3) is 0 Å². The zero-order valence-electron chi connectivity index (χ0n) is 13.2. The first-order valence-electron chi connectivity index (χ1n) is 7.82. The van der Waals surface area contributed by atoms with Crippen LogP contribution in [0.4, 0.5) is 0 Å². The number of rotatable bonds is 6. The quantitative estimate of drug-likeness (QED) is 0.876. The molecule has 1 aromatic rings. The Morgan fingerprint density at radius 2 is 1.81 bits per heavy atom. The lowest BCUT2D eigenvalue weighted by atomic mass is 10.0. The van der Waals surface area contributed by atoms with Crippen LogP contribution in [0.5, 0.6) is 11.5 Å². The Kier molecular flexibility index (Phi) is 5.48. The summed E-state index contributed by atoms with van der Waals surface area (Å²) in [7, 11) is 0. The maximum atomic E-state index is 12.0. The van der Waals surface area contributed by atoms with Crippen molar-refractivity contribution in [1.29, 1.82) is 0 Å². The average molecular weight is 291 g/mol. The molecule has 0 bridgehead atoms. The predicted molar refractivity (Wildman–Crippen MR) is 83.0 cm³/mol. The highest BCUT2D eigenvalue weighted by Crippen LogP contribution is 2.33. The van der Waals surface area contributed by atoms with Gasteiger partial charge < -0.3 is 14.8 Å². The van der Waals surface area contributed by atoms with Gasteiger partial charge in [-0.25, -0.2) is 0 Å². The Bertz CT molecular complexity index is 495. The molecule has 1 aromatic carbocycles. The molecule has 116 valence electrons. The smallest absolute Gasteiger partial charge is 0.223 e. The van der Waals surface area contributed by atoms with E-state index in [0.717, 1.165) is 30.8 Å². The molecule has 0 saturated carbocycles. The average Bonchev–Trinajstić information content (AvgIpc) is 2.49. The molecule has 4 heteroatoms. The summed E-state index contributed by atoms with van der Waals surface area (Å²) in [5.74, 6) is 1.93. The zero-order valence-corrected chi connectivity index (χ0v) is 13.2. The maximum absolute atomic E-state index is 12.0. The molecule has 1 aliphatic heterocycles. The number of benzene rings is 1. The van der Waals surface area contributed by atoms with Gasteiger partial charge in [0.15, 0.2) is 11.5 Å². The first-order chi connectivity index (χ1) is 10.2. The summed E-state index contributed by atoms with van der Waals surface area (Å²) in [6, 6.07) is 4.06. The lowest BCUT2D eigenvalue weighted by Gasteiger charge is -2.20. The summed E-state index contributed by atoms with van der Waals surface area (Å²) < 4.78 is 11.2. The van der Waals surface area contributed by atoms with Gasteiger partial charge in [-0.1, -0.05) is 13.8 Å². The number of nitrogens with one attached hydrogen (secondary N) is 1. The minimum atomic E-state index is 0.131. The lowest BCUT2D eigenvalue weighted by Crippen LogP contribution is -2.31. The topological polar surface area (TPSA) is 47.6 Å². The van der Waals surface area contributed by atoms with E-state index in [1.807, 2.05) is 12.1 Å². The van der Waals surface area contributed by atoms with Gasteiger partial charge in [0.05, 0.1) is 0 Å². The van der Waals surface area contributed by atoms with E-state index in [1.54, 1.807) is 0 Å². The molecular weight excluding hydrogens is 266 g/mol. The lowest BCUT2D eigenvalue weighted by molar-refractivity contribution is -0.125. The first-order valence-corrected chi connectivity index (χ1v) is 7.82. The Labute approximate surface area is 126 Å². The van der Waals surface area contributed by atoms with Crippen molar-refractivity contribution in [3.63, 3.8) is 0 Å². The van der Waals surface area contributed by atoms with Gasteiger partial charge in [0.25, 0.3) is 0 Å². The van der Waals surface area contributed by atoms with E-state index in [4.69, 9.17) is 9.47 Å². The molecule has 21 heavy (non-hydrogen) atoms. The normalized spacial score (nSPS) is 13.3. The van der Waals surface area contributed by atoms with Gasteiger partial charge in [0, 0.05) is 12.5 Å². The first kappa shape index (κ1) is 15.7. The van der Waals surface area contributed by atoms with E-state index in [2.05, 4.69) is 26.1 Å². The maximum Gasteiger partial charge on any atom is 0.223 e. The van der Waals surface area contributed by atoms with Crippen molar-refractivity contribution >= 4 is 5.91 Å². The van der Waals surface area contributed by atoms with Crippen molar-refractivity contribution in [1.82, 2.24) is 5.32 Å². The number of aryl methyl sites for hydroxylation is 1. The third kappa shape index (κ3) is 3.90. The molecule has 0 unspecified atom stereocenters. The van der Waals surface area contributed by atoms with Crippen LogP contribution in [0, 0.1) is 12.8 Å². The molecule has 0 fully saturated rings. The minimum absolute atomic E-state index is 0.131. The van der Waals surface area contributed by atoms with Crippen molar-refractivity contribution < 1.29 is 14.3 Å². The second kappa shape index (κ2) is 7.34. The highest BCUT2D eigenvalue weighted by molar-refractivity contribution is 5.78. The molecule has 1 amide bonds. The van der Waals surface area contributed by atoms with Crippen LogP contribution in [0.3, 0.4) is 0 Å². The molecule has 0 spiro atoms. The number of fused-ring (bicyclic) bond motifs is 1. The van der Waals surface area contributed by atoms with Crippen molar-refractivity contribution in [2.45, 2.75) is 40.0 Å². The van der Waals surface area contributed by atoms with E-state index in [9.17, 15) is 4.79 Å². The fourth-order valence-corrected chi connectivity index (χ4v) is 2.63. The van der Waals surface area contributed by atoms with E-state index >= 15 is 0 Å². The fourth-order valence-electron chi connectivity index (χ4n) is 2.63. The van der Waals surface area contributed by atoms with Gasteiger partial charge >= 0.3 is 0 Å². The Morgan fingerprint density at radius 1 is 1.19 bits per heavy atom. The van der Waals surface area contributed by atoms with E-state index in [1.165, 1.54) is 11.1 Å². The number of carbonyl (C=O) groups is 1. The van der Waals surface area contributed by atoms with Crippen LogP contribution in [0.2, 0.25) is 0 Å². The molecule has 0 atom stereocenters.